The van der Waals surface area contributed by atoms with E-state index in [1.54, 1.807) is 26.0 Å². The maximum absolute atomic E-state index is 12.2. The van der Waals surface area contributed by atoms with Crippen molar-refractivity contribution in [1.82, 2.24) is 0 Å². The molecule has 10 heteroatoms. The highest BCUT2D eigenvalue weighted by atomic mass is 35.5. The molecule has 2 aromatic carbocycles. The first-order chi connectivity index (χ1) is 12.1. The molecule has 0 saturated heterocycles. The Labute approximate surface area is 162 Å². The molecule has 0 aliphatic rings. The lowest BCUT2D eigenvalue weighted by atomic mass is 10.1. The summed E-state index contributed by atoms with van der Waals surface area (Å²) in [5, 5.41) is -0.00310. The molecule has 0 aliphatic heterocycles. The first kappa shape index (κ1) is 21.1. The van der Waals surface area contributed by atoms with Crippen LogP contribution < -0.4 is 0 Å². The minimum absolute atomic E-state index is 0.00155. The summed E-state index contributed by atoms with van der Waals surface area (Å²) in [5.74, 6) is 0. The van der Waals surface area contributed by atoms with Crippen LogP contribution in [0.3, 0.4) is 0 Å². The summed E-state index contributed by atoms with van der Waals surface area (Å²) in [6, 6.07) is 8.55. The van der Waals surface area contributed by atoms with Crippen molar-refractivity contribution in [3.63, 3.8) is 0 Å². The van der Waals surface area contributed by atoms with Gasteiger partial charge in [0, 0.05) is 0 Å². The van der Waals surface area contributed by atoms with E-state index in [0.717, 1.165) is 0 Å². The zero-order valence-corrected chi connectivity index (χ0v) is 17.0. The van der Waals surface area contributed by atoms with E-state index < -0.39 is 20.2 Å². The van der Waals surface area contributed by atoms with E-state index in [0.29, 0.717) is 11.1 Å². The summed E-state index contributed by atoms with van der Waals surface area (Å²) in [4.78, 5) is -0.412. The Balaban J connectivity index is 2.60. The second-order valence-electron chi connectivity index (χ2n) is 5.01. The van der Waals surface area contributed by atoms with Crippen LogP contribution in [-0.4, -0.2) is 30.0 Å². The van der Waals surface area contributed by atoms with Crippen molar-refractivity contribution in [3.8, 4) is 11.1 Å². The summed E-state index contributed by atoms with van der Waals surface area (Å²) < 4.78 is 58.2. The third-order valence-corrected chi connectivity index (χ3v) is 7.01. The van der Waals surface area contributed by atoms with Gasteiger partial charge in [-0.2, -0.15) is 16.8 Å². The molecule has 0 N–H and O–H groups in total. The molecule has 0 unspecified atom stereocenters. The van der Waals surface area contributed by atoms with Crippen molar-refractivity contribution < 1.29 is 25.2 Å². The van der Waals surface area contributed by atoms with Crippen LogP contribution in [0, 0.1) is 0 Å². The molecule has 6 nitrogen and oxygen atoms in total. The molecule has 0 aliphatic carbocycles. The Morgan fingerprint density at radius 3 is 1.38 bits per heavy atom. The Kier molecular flexibility index (Phi) is 6.70. The van der Waals surface area contributed by atoms with Gasteiger partial charge in [0.05, 0.1) is 23.3 Å². The minimum atomic E-state index is -4.03. The summed E-state index contributed by atoms with van der Waals surface area (Å²) in [7, 11) is -8.06. The molecule has 0 saturated carbocycles. The Morgan fingerprint density at radius 2 is 1.08 bits per heavy atom. The number of hydrogen-bond donors (Lipinski definition) is 0. The molecule has 0 radical (unpaired) electrons. The van der Waals surface area contributed by atoms with Crippen LogP contribution in [-0.2, 0) is 28.6 Å². The van der Waals surface area contributed by atoms with Gasteiger partial charge >= 0.3 is 0 Å². The van der Waals surface area contributed by atoms with Gasteiger partial charge in [0.1, 0.15) is 9.79 Å². The third-order valence-electron chi connectivity index (χ3n) is 3.28. The predicted octanol–water partition coefficient (Wildman–Crippen LogP) is 4.11. The van der Waals surface area contributed by atoms with E-state index in [4.69, 9.17) is 31.6 Å². The van der Waals surface area contributed by atoms with Crippen molar-refractivity contribution >= 4 is 43.4 Å². The van der Waals surface area contributed by atoms with Crippen molar-refractivity contribution in [2.45, 2.75) is 23.6 Å². The van der Waals surface area contributed by atoms with Crippen LogP contribution in [0.5, 0.6) is 0 Å². The molecule has 0 spiro atoms. The molecule has 26 heavy (non-hydrogen) atoms. The quantitative estimate of drug-likeness (QED) is 0.604. The van der Waals surface area contributed by atoms with Gasteiger partial charge in [0.25, 0.3) is 20.2 Å². The van der Waals surface area contributed by atoms with Crippen LogP contribution in [0.2, 0.25) is 10.0 Å². The molecular formula is C16H16Cl2O6S2. The molecule has 142 valence electrons. The van der Waals surface area contributed by atoms with Gasteiger partial charge < -0.3 is 0 Å². The largest absolute Gasteiger partial charge is 0.298 e. The molecule has 0 atom stereocenters. The topological polar surface area (TPSA) is 86.7 Å². The fraction of sp³-hybridized carbons (Fsp3) is 0.250. The van der Waals surface area contributed by atoms with Crippen molar-refractivity contribution in [2.75, 3.05) is 13.2 Å². The normalized spacial score (nSPS) is 12.3. The lowest BCUT2D eigenvalue weighted by Crippen LogP contribution is -2.07. The van der Waals surface area contributed by atoms with E-state index in [-0.39, 0.29) is 33.0 Å². The Bertz CT molecular complexity index is 934. The van der Waals surface area contributed by atoms with Crippen LogP contribution in [0.15, 0.2) is 46.2 Å². The minimum Gasteiger partial charge on any atom is -0.267 e. The first-order valence-electron chi connectivity index (χ1n) is 7.50. The third kappa shape index (κ3) is 4.57. The van der Waals surface area contributed by atoms with Crippen LogP contribution in [0.4, 0.5) is 0 Å². The van der Waals surface area contributed by atoms with Crippen LogP contribution in [0.25, 0.3) is 11.1 Å². The Morgan fingerprint density at radius 1 is 0.731 bits per heavy atom. The second kappa shape index (κ2) is 8.24. The van der Waals surface area contributed by atoms with Crippen molar-refractivity contribution in [2.24, 2.45) is 0 Å². The van der Waals surface area contributed by atoms with Gasteiger partial charge in [-0.1, -0.05) is 35.3 Å². The smallest absolute Gasteiger partial charge is 0.267 e. The van der Waals surface area contributed by atoms with Gasteiger partial charge in [-0.3, -0.25) is 8.37 Å². The number of benzene rings is 2. The maximum atomic E-state index is 12.2. The summed E-state index contributed by atoms with van der Waals surface area (Å²) in [6.45, 7) is 3.00. The lowest BCUT2D eigenvalue weighted by molar-refractivity contribution is 0.337. The van der Waals surface area contributed by atoms with Crippen molar-refractivity contribution in [3.05, 3.63) is 46.4 Å². The van der Waals surface area contributed by atoms with Gasteiger partial charge in [-0.25, -0.2) is 0 Å². The molecule has 0 amide bonds. The molecule has 0 heterocycles. The number of hydrogen-bond acceptors (Lipinski definition) is 6. The zero-order valence-electron chi connectivity index (χ0n) is 13.9. The fourth-order valence-electron chi connectivity index (χ4n) is 2.19. The van der Waals surface area contributed by atoms with E-state index >= 15 is 0 Å². The zero-order chi connectivity index (χ0) is 19.5. The molecule has 0 bridgehead atoms. The van der Waals surface area contributed by atoms with Crippen LogP contribution >= 0.6 is 23.2 Å². The highest BCUT2D eigenvalue weighted by Gasteiger charge is 2.22. The summed E-state index contributed by atoms with van der Waals surface area (Å²) in [5.41, 5.74) is 0.856. The van der Waals surface area contributed by atoms with E-state index in [2.05, 4.69) is 0 Å². The first-order valence-corrected chi connectivity index (χ1v) is 11.1. The SMILES string of the molecule is CCOS(=O)(=O)c1cc(-c2ccc(Cl)c(S(=O)(=O)OCC)c2)ccc1Cl. The highest BCUT2D eigenvalue weighted by molar-refractivity contribution is 7.87. The standard InChI is InChI=1S/C16H16Cl2O6S2/c1-3-23-25(19,20)15-9-11(5-7-13(15)17)12-6-8-14(18)16(10-12)26(21,22)24-4-2/h5-10H,3-4H2,1-2H3. The predicted molar refractivity (Wildman–Crippen MR) is 99.5 cm³/mol. The molecule has 2 aromatic rings. The van der Waals surface area contributed by atoms with Gasteiger partial charge in [-0.15, -0.1) is 0 Å². The molecular weight excluding hydrogens is 423 g/mol. The lowest BCUT2D eigenvalue weighted by Gasteiger charge is -2.11. The maximum Gasteiger partial charge on any atom is 0.298 e. The number of halogens is 2. The van der Waals surface area contributed by atoms with Gasteiger partial charge in [0.2, 0.25) is 0 Å². The van der Waals surface area contributed by atoms with E-state index in [1.807, 2.05) is 0 Å². The van der Waals surface area contributed by atoms with E-state index in [9.17, 15) is 16.8 Å². The molecule has 2 rings (SSSR count). The average molecular weight is 439 g/mol. The second-order valence-corrected chi connectivity index (χ2v) is 8.99. The average Bonchev–Trinajstić information content (AvgIpc) is 2.55. The van der Waals surface area contributed by atoms with Gasteiger partial charge in [-0.05, 0) is 49.2 Å². The van der Waals surface area contributed by atoms with E-state index in [1.165, 1.54) is 24.3 Å². The van der Waals surface area contributed by atoms with Crippen LogP contribution in [0.1, 0.15) is 13.8 Å². The summed E-state index contributed by atoms with van der Waals surface area (Å²) >= 11 is 12.0. The monoisotopic (exact) mass is 438 g/mol. The molecule has 0 aromatic heterocycles. The summed E-state index contributed by atoms with van der Waals surface area (Å²) in [6.07, 6.45) is 0. The van der Waals surface area contributed by atoms with Gasteiger partial charge in [0.15, 0.2) is 0 Å². The Hall–Kier alpha value is -1.16. The fourth-order valence-corrected chi connectivity index (χ4v) is 5.02. The number of rotatable bonds is 7. The highest BCUT2D eigenvalue weighted by Crippen LogP contribution is 2.33. The van der Waals surface area contributed by atoms with Crippen molar-refractivity contribution in [1.29, 1.82) is 0 Å². The molecule has 0 fully saturated rings.